The average Bonchev–Trinajstić information content (AvgIpc) is 2.72. The van der Waals surface area contributed by atoms with E-state index in [2.05, 4.69) is 30.2 Å². The number of benzene rings is 1. The quantitative estimate of drug-likeness (QED) is 0.651. The molecule has 4 nitrogen and oxygen atoms in total. The zero-order chi connectivity index (χ0) is 14.0. The number of amides is 1. The molecule has 0 unspecified atom stereocenters. The molecule has 0 radical (unpaired) electrons. The summed E-state index contributed by atoms with van der Waals surface area (Å²) < 4.78 is 0. The second-order valence-electron chi connectivity index (χ2n) is 5.39. The third kappa shape index (κ3) is 2.52. The topological polar surface area (TPSA) is 62.0 Å². The van der Waals surface area contributed by atoms with Gasteiger partial charge in [-0.15, -0.1) is 0 Å². The molecule has 2 rings (SSSR count). The Morgan fingerprint density at radius 2 is 2.05 bits per heavy atom. The van der Waals surface area contributed by atoms with Crippen LogP contribution in [0.2, 0.25) is 0 Å². The average molecular weight is 258 g/mol. The van der Waals surface area contributed by atoms with Gasteiger partial charge in [0.15, 0.2) is 0 Å². The Bertz CT molecular complexity index is 626. The fraction of sp³-hybridized carbons (Fsp3) is 0.333. The van der Waals surface area contributed by atoms with Crippen molar-refractivity contribution in [3.8, 4) is 0 Å². The molecule has 0 aliphatic heterocycles. The number of aromatic nitrogens is 1. The van der Waals surface area contributed by atoms with Gasteiger partial charge in [-0.1, -0.05) is 32.0 Å². The molecule has 0 saturated carbocycles. The summed E-state index contributed by atoms with van der Waals surface area (Å²) in [4.78, 5) is 24.8. The number of rotatable bonds is 4. The van der Waals surface area contributed by atoms with Gasteiger partial charge >= 0.3 is 0 Å². The number of carbonyl (C=O) groups excluding carboxylic acids is 2. The Morgan fingerprint density at radius 3 is 2.74 bits per heavy atom. The minimum absolute atomic E-state index is 0.248. The molecule has 100 valence electrons. The molecular formula is C15H18N2O2. The van der Waals surface area contributed by atoms with Gasteiger partial charge in [0.2, 0.25) is 6.29 Å². The molecule has 19 heavy (non-hydrogen) atoms. The maximum atomic E-state index is 11.1. The number of hydrogen-bond acceptors (Lipinski definition) is 2. The van der Waals surface area contributed by atoms with Crippen LogP contribution in [-0.2, 0) is 15.0 Å². The van der Waals surface area contributed by atoms with Gasteiger partial charge in [0, 0.05) is 28.6 Å². The molecule has 0 atom stereocenters. The van der Waals surface area contributed by atoms with Crippen molar-refractivity contribution in [3.05, 3.63) is 35.5 Å². The number of carbonyl (C=O) groups is 2. The molecule has 0 spiro atoms. The molecule has 1 amide bonds. The highest BCUT2D eigenvalue weighted by molar-refractivity contribution is 6.23. The molecule has 4 heteroatoms. The van der Waals surface area contributed by atoms with E-state index in [1.54, 1.807) is 0 Å². The summed E-state index contributed by atoms with van der Waals surface area (Å²) in [5.74, 6) is -0.578. The van der Waals surface area contributed by atoms with Gasteiger partial charge in [0.25, 0.3) is 5.91 Å². The normalized spacial score (nSPS) is 11.5. The lowest BCUT2D eigenvalue weighted by Gasteiger charge is -2.25. The molecule has 1 aromatic carbocycles. The second kappa shape index (κ2) is 4.88. The van der Waals surface area contributed by atoms with Crippen LogP contribution in [0.3, 0.4) is 0 Å². The lowest BCUT2D eigenvalue weighted by molar-refractivity contribution is -0.131. The Kier molecular flexibility index (Phi) is 3.42. The standard InChI is InChI=1S/C15H18N2O2/c1-10-14(11-6-4-5-7-12(11)17-10)15(2,3)9-16-13(19)8-18/h4-8,17H,9H2,1-3H3,(H,16,19). The highest BCUT2D eigenvalue weighted by atomic mass is 16.2. The molecule has 0 fully saturated rings. The van der Waals surface area contributed by atoms with E-state index in [0.29, 0.717) is 12.8 Å². The fourth-order valence-corrected chi connectivity index (χ4v) is 2.59. The monoisotopic (exact) mass is 258 g/mol. The van der Waals surface area contributed by atoms with E-state index in [9.17, 15) is 9.59 Å². The predicted octanol–water partition coefficient (Wildman–Crippen LogP) is 2.07. The van der Waals surface area contributed by atoms with Crippen molar-refractivity contribution in [2.75, 3.05) is 6.54 Å². The second-order valence-corrected chi connectivity index (χ2v) is 5.39. The number of fused-ring (bicyclic) bond motifs is 1. The largest absolute Gasteiger partial charge is 0.358 e. The number of para-hydroxylation sites is 1. The summed E-state index contributed by atoms with van der Waals surface area (Å²) in [5.41, 5.74) is 3.10. The molecule has 0 aliphatic carbocycles. The highest BCUT2D eigenvalue weighted by Gasteiger charge is 2.26. The van der Waals surface area contributed by atoms with Crippen molar-refractivity contribution >= 4 is 23.1 Å². The number of H-pyrrole nitrogens is 1. The summed E-state index contributed by atoms with van der Waals surface area (Å²) in [6.45, 7) is 6.56. The summed E-state index contributed by atoms with van der Waals surface area (Å²) in [5, 5.41) is 3.79. The SMILES string of the molecule is Cc1[nH]c2ccccc2c1C(C)(C)CNC(=O)C=O. The van der Waals surface area contributed by atoms with Gasteiger partial charge in [0.1, 0.15) is 0 Å². The zero-order valence-electron chi connectivity index (χ0n) is 11.4. The lowest BCUT2D eigenvalue weighted by atomic mass is 9.82. The van der Waals surface area contributed by atoms with Crippen LogP contribution in [0.5, 0.6) is 0 Å². The van der Waals surface area contributed by atoms with Gasteiger partial charge in [-0.05, 0) is 18.6 Å². The van der Waals surface area contributed by atoms with Gasteiger partial charge in [-0.2, -0.15) is 0 Å². The van der Waals surface area contributed by atoms with E-state index in [1.807, 2.05) is 25.1 Å². The maximum absolute atomic E-state index is 11.1. The molecule has 0 saturated heterocycles. The Morgan fingerprint density at radius 1 is 1.37 bits per heavy atom. The van der Waals surface area contributed by atoms with Crippen molar-refractivity contribution in [2.24, 2.45) is 0 Å². The minimum atomic E-state index is -0.578. The van der Waals surface area contributed by atoms with Crippen molar-refractivity contribution in [3.63, 3.8) is 0 Å². The van der Waals surface area contributed by atoms with Crippen LogP contribution >= 0.6 is 0 Å². The van der Waals surface area contributed by atoms with Gasteiger partial charge in [0.05, 0.1) is 0 Å². The third-order valence-electron chi connectivity index (χ3n) is 3.38. The van der Waals surface area contributed by atoms with Gasteiger partial charge in [-0.25, -0.2) is 0 Å². The van der Waals surface area contributed by atoms with Crippen molar-refractivity contribution in [2.45, 2.75) is 26.2 Å². The zero-order valence-corrected chi connectivity index (χ0v) is 11.4. The summed E-state index contributed by atoms with van der Waals surface area (Å²) in [6, 6.07) is 8.09. The third-order valence-corrected chi connectivity index (χ3v) is 3.38. The van der Waals surface area contributed by atoms with Crippen LogP contribution in [0.15, 0.2) is 24.3 Å². The first kappa shape index (κ1) is 13.3. The number of aldehydes is 1. The summed E-state index contributed by atoms with van der Waals surface area (Å²) in [6.07, 6.45) is 0.304. The van der Waals surface area contributed by atoms with Crippen molar-refractivity contribution < 1.29 is 9.59 Å². The molecule has 0 aliphatic rings. The van der Waals surface area contributed by atoms with Gasteiger partial charge in [-0.3, -0.25) is 9.59 Å². The number of hydrogen-bond donors (Lipinski definition) is 2. The van der Waals surface area contributed by atoms with Gasteiger partial charge < -0.3 is 10.3 Å². The predicted molar refractivity (Wildman–Crippen MR) is 75.1 cm³/mol. The number of aryl methyl sites for hydroxylation is 1. The Labute approximate surface area is 112 Å². The molecule has 1 heterocycles. The molecule has 2 N–H and O–H groups in total. The van der Waals surface area contributed by atoms with E-state index in [-0.39, 0.29) is 5.41 Å². The minimum Gasteiger partial charge on any atom is -0.358 e. The first-order valence-corrected chi connectivity index (χ1v) is 6.26. The van der Waals surface area contributed by atoms with Crippen LogP contribution < -0.4 is 5.32 Å². The molecule has 2 aromatic rings. The van der Waals surface area contributed by atoms with Crippen LogP contribution in [0.4, 0.5) is 0 Å². The van der Waals surface area contributed by atoms with E-state index in [4.69, 9.17) is 0 Å². The van der Waals surface area contributed by atoms with E-state index < -0.39 is 5.91 Å². The maximum Gasteiger partial charge on any atom is 0.284 e. The fourth-order valence-electron chi connectivity index (χ4n) is 2.59. The van der Waals surface area contributed by atoms with Crippen molar-refractivity contribution in [1.29, 1.82) is 0 Å². The van der Waals surface area contributed by atoms with Crippen LogP contribution in [0.25, 0.3) is 10.9 Å². The van der Waals surface area contributed by atoms with E-state index >= 15 is 0 Å². The summed E-state index contributed by atoms with van der Waals surface area (Å²) in [7, 11) is 0. The smallest absolute Gasteiger partial charge is 0.284 e. The van der Waals surface area contributed by atoms with Crippen LogP contribution in [0.1, 0.15) is 25.1 Å². The van der Waals surface area contributed by atoms with Crippen LogP contribution in [0, 0.1) is 6.92 Å². The first-order valence-electron chi connectivity index (χ1n) is 6.26. The molecular weight excluding hydrogens is 240 g/mol. The molecule has 0 bridgehead atoms. The van der Waals surface area contributed by atoms with Crippen molar-refractivity contribution in [1.82, 2.24) is 10.3 Å². The Balaban J connectivity index is 2.39. The van der Waals surface area contributed by atoms with Crippen LogP contribution in [-0.4, -0.2) is 23.7 Å². The summed E-state index contributed by atoms with van der Waals surface area (Å²) >= 11 is 0. The van der Waals surface area contributed by atoms with E-state index in [0.717, 1.165) is 16.6 Å². The Hall–Kier alpha value is -2.10. The number of nitrogens with one attached hydrogen (secondary N) is 2. The number of aromatic amines is 1. The van der Waals surface area contributed by atoms with E-state index in [1.165, 1.54) is 5.56 Å². The highest BCUT2D eigenvalue weighted by Crippen LogP contribution is 2.32. The lowest BCUT2D eigenvalue weighted by Crippen LogP contribution is -2.37. The molecule has 1 aromatic heterocycles. The first-order chi connectivity index (χ1) is 8.95.